The summed E-state index contributed by atoms with van der Waals surface area (Å²) in [5, 5.41) is 41.0. The van der Waals surface area contributed by atoms with Crippen molar-refractivity contribution in [1.29, 1.82) is 0 Å². The Balaban J connectivity index is 1.37. The van der Waals surface area contributed by atoms with Gasteiger partial charge in [0.05, 0.1) is 0 Å². The topological polar surface area (TPSA) is 250 Å². The molecule has 50 heavy (non-hydrogen) atoms. The van der Waals surface area contributed by atoms with Crippen LogP contribution in [0.15, 0.2) is 75.7 Å². The standard InChI is InChI=1S/C31H27FN8O8S2/c32-18-9-14(1-2-20(18)41)36-21(42)10-16(13-3-6-34-7-4-13)22(15-5-8-35-26(15)43)17-11-49-29-24(28(45)40(29)25(17)30(46)47)38-27(44)23(39-48)19-12-50-31(33)37-19/h1-4,6-7,9,12,16,24,29,41,48H,5,8,10-11H2,(H2,33,37)(H,35,43)(H,36,42)(H,38,44)(H,46,47)/t16?,24-,29-/m1/s1. The highest BCUT2D eigenvalue weighted by Gasteiger charge is 2.55. The number of carboxylic acid groups (broad SMARTS) is 1. The highest BCUT2D eigenvalue weighted by Crippen LogP contribution is 2.47. The molecule has 258 valence electrons. The third kappa shape index (κ3) is 6.47. The maximum atomic E-state index is 14.0. The quantitative estimate of drug-likeness (QED) is 0.0393. The van der Waals surface area contributed by atoms with Gasteiger partial charge in [-0.15, -0.1) is 23.1 Å². The van der Waals surface area contributed by atoms with E-state index in [2.05, 4.69) is 31.1 Å². The fourth-order valence-electron chi connectivity index (χ4n) is 5.99. The lowest BCUT2D eigenvalue weighted by molar-refractivity contribution is -0.150. The monoisotopic (exact) mass is 722 g/mol. The van der Waals surface area contributed by atoms with Crippen molar-refractivity contribution in [2.24, 2.45) is 5.16 Å². The molecule has 3 aliphatic heterocycles. The molecule has 0 saturated carbocycles. The molecule has 19 heteroatoms. The van der Waals surface area contributed by atoms with Crippen molar-refractivity contribution in [2.45, 2.75) is 30.2 Å². The summed E-state index contributed by atoms with van der Waals surface area (Å²) in [6.07, 6.45) is 2.81. The molecule has 4 amide bonds. The predicted molar refractivity (Wildman–Crippen MR) is 177 cm³/mol. The number of nitrogen functional groups attached to an aromatic ring is 1. The molecular weight excluding hydrogens is 696 g/mol. The van der Waals surface area contributed by atoms with Gasteiger partial charge in [-0.05, 0) is 47.4 Å². The molecule has 1 unspecified atom stereocenters. The third-order valence-corrected chi connectivity index (χ3v) is 10.2. The van der Waals surface area contributed by atoms with Gasteiger partial charge in [0.25, 0.3) is 11.8 Å². The molecule has 2 saturated heterocycles. The number of aliphatic carboxylic acids is 1. The number of halogens is 1. The van der Waals surface area contributed by atoms with Crippen LogP contribution in [0.5, 0.6) is 5.75 Å². The average Bonchev–Trinajstić information content (AvgIpc) is 3.72. The number of pyridine rings is 1. The second-order valence-corrected chi connectivity index (χ2v) is 13.2. The number of nitrogens with two attached hydrogens (primary N) is 1. The number of hydrogen-bond acceptors (Lipinski definition) is 13. The lowest BCUT2D eigenvalue weighted by atomic mass is 9.80. The number of aromatic nitrogens is 2. The number of hydrogen-bond donors (Lipinski definition) is 7. The molecule has 0 spiro atoms. The Kier molecular flexibility index (Phi) is 9.51. The van der Waals surface area contributed by atoms with Crippen LogP contribution in [0.3, 0.4) is 0 Å². The highest BCUT2D eigenvalue weighted by atomic mass is 32.2. The van der Waals surface area contributed by atoms with Gasteiger partial charge in [0.15, 0.2) is 22.4 Å². The van der Waals surface area contributed by atoms with E-state index in [1.54, 1.807) is 12.1 Å². The Morgan fingerprint density at radius 2 is 1.96 bits per heavy atom. The lowest BCUT2D eigenvalue weighted by Crippen LogP contribution is -2.71. The van der Waals surface area contributed by atoms with Crippen LogP contribution in [-0.2, 0) is 24.0 Å². The molecule has 3 aliphatic rings. The second kappa shape index (κ2) is 14.0. The van der Waals surface area contributed by atoms with Gasteiger partial charge in [-0.2, -0.15) is 0 Å². The van der Waals surface area contributed by atoms with E-state index in [-0.39, 0.29) is 58.4 Å². The first-order chi connectivity index (χ1) is 24.0. The van der Waals surface area contributed by atoms with Crippen LogP contribution in [0, 0.1) is 5.82 Å². The number of phenolic OH excluding ortho intramolecular Hbond substituents is 1. The van der Waals surface area contributed by atoms with E-state index in [1.165, 1.54) is 23.8 Å². The number of oxime groups is 1. The minimum Gasteiger partial charge on any atom is -0.505 e. The van der Waals surface area contributed by atoms with Crippen molar-refractivity contribution >= 4 is 69.2 Å². The number of amides is 4. The number of allylic oxidation sites excluding steroid dienone is 1. The van der Waals surface area contributed by atoms with E-state index in [9.17, 15) is 43.8 Å². The first-order valence-corrected chi connectivity index (χ1v) is 16.8. The largest absolute Gasteiger partial charge is 0.505 e. The smallest absolute Gasteiger partial charge is 0.352 e. The number of rotatable bonds is 10. The van der Waals surface area contributed by atoms with E-state index < -0.39 is 69.9 Å². The number of thioether (sulfide) groups is 1. The predicted octanol–water partition coefficient (Wildman–Crippen LogP) is 1.51. The maximum absolute atomic E-state index is 14.0. The van der Waals surface area contributed by atoms with Gasteiger partial charge in [-0.1, -0.05) is 5.16 Å². The zero-order chi connectivity index (χ0) is 35.7. The fraction of sp³-hybridized carbons (Fsp3) is 0.226. The molecule has 16 nitrogen and oxygen atoms in total. The van der Waals surface area contributed by atoms with E-state index in [1.807, 2.05) is 0 Å². The number of nitrogens with zero attached hydrogens (tertiary/aromatic N) is 4. The second-order valence-electron chi connectivity index (χ2n) is 11.2. The molecule has 3 aromatic rings. The number of aromatic hydroxyl groups is 1. The molecule has 0 bridgehead atoms. The first-order valence-electron chi connectivity index (χ1n) is 14.8. The van der Waals surface area contributed by atoms with Crippen LogP contribution < -0.4 is 21.7 Å². The lowest BCUT2D eigenvalue weighted by Gasteiger charge is -2.50. The van der Waals surface area contributed by atoms with Gasteiger partial charge in [0.1, 0.15) is 22.8 Å². The van der Waals surface area contributed by atoms with E-state index >= 15 is 0 Å². The number of fused-ring (bicyclic) bond motifs is 1. The van der Waals surface area contributed by atoms with Crippen molar-refractivity contribution in [3.63, 3.8) is 0 Å². The molecule has 8 N–H and O–H groups in total. The van der Waals surface area contributed by atoms with Gasteiger partial charge >= 0.3 is 5.97 Å². The molecule has 1 aromatic carbocycles. The maximum Gasteiger partial charge on any atom is 0.352 e. The van der Waals surface area contributed by atoms with Crippen molar-refractivity contribution in [3.8, 4) is 5.75 Å². The molecule has 0 radical (unpaired) electrons. The molecular formula is C31H27FN8O8S2. The number of carbonyl (C=O) groups excluding carboxylic acids is 4. The Hall–Kier alpha value is -5.82. The average molecular weight is 723 g/mol. The summed E-state index contributed by atoms with van der Waals surface area (Å²) in [5.41, 5.74) is 5.85. The minimum atomic E-state index is -1.48. The number of benzene rings is 1. The summed E-state index contributed by atoms with van der Waals surface area (Å²) in [4.78, 5) is 75.2. The number of anilines is 2. The van der Waals surface area contributed by atoms with Gasteiger partial charge in [-0.25, -0.2) is 14.2 Å². The zero-order valence-corrected chi connectivity index (χ0v) is 27.3. The Bertz CT molecular complexity index is 2020. The third-order valence-electron chi connectivity index (χ3n) is 8.20. The molecule has 3 atom stereocenters. The Morgan fingerprint density at radius 3 is 2.58 bits per heavy atom. The summed E-state index contributed by atoms with van der Waals surface area (Å²) in [7, 11) is 0. The summed E-state index contributed by atoms with van der Waals surface area (Å²) in [6, 6.07) is 5.34. The number of β-lactam (4-membered cyclic amide) rings is 1. The van der Waals surface area contributed by atoms with Crippen LogP contribution in [0.2, 0.25) is 0 Å². The normalized spacial score (nSPS) is 20.4. The number of nitrogens with one attached hydrogen (secondary N) is 3. The van der Waals surface area contributed by atoms with E-state index in [4.69, 9.17) is 5.73 Å². The first kappa shape index (κ1) is 34.1. The van der Waals surface area contributed by atoms with Crippen molar-refractivity contribution in [2.75, 3.05) is 23.3 Å². The van der Waals surface area contributed by atoms with E-state index in [0.29, 0.717) is 5.56 Å². The summed E-state index contributed by atoms with van der Waals surface area (Å²) >= 11 is 2.13. The van der Waals surface area contributed by atoms with Crippen molar-refractivity contribution in [1.82, 2.24) is 25.5 Å². The molecule has 5 heterocycles. The van der Waals surface area contributed by atoms with Crippen LogP contribution in [0.25, 0.3) is 0 Å². The summed E-state index contributed by atoms with van der Waals surface area (Å²) in [5.74, 6) is -6.79. The van der Waals surface area contributed by atoms with Crippen LogP contribution in [0.1, 0.15) is 30.0 Å². The van der Waals surface area contributed by atoms with Gasteiger partial charge in [0.2, 0.25) is 11.8 Å². The van der Waals surface area contributed by atoms with Gasteiger partial charge in [0, 0.05) is 59.7 Å². The Morgan fingerprint density at radius 1 is 1.20 bits per heavy atom. The van der Waals surface area contributed by atoms with Gasteiger partial charge in [-0.3, -0.25) is 29.1 Å². The highest BCUT2D eigenvalue weighted by molar-refractivity contribution is 8.00. The Labute approximate surface area is 290 Å². The summed E-state index contributed by atoms with van der Waals surface area (Å²) < 4.78 is 14.0. The molecule has 6 rings (SSSR count). The van der Waals surface area contributed by atoms with Crippen LogP contribution in [0.4, 0.5) is 15.2 Å². The molecule has 2 aromatic heterocycles. The van der Waals surface area contributed by atoms with Crippen molar-refractivity contribution < 1.29 is 43.8 Å². The summed E-state index contributed by atoms with van der Waals surface area (Å²) in [6.45, 7) is 0.251. The molecule has 0 aliphatic carbocycles. The van der Waals surface area contributed by atoms with Gasteiger partial charge < -0.3 is 37.1 Å². The van der Waals surface area contributed by atoms with Crippen LogP contribution in [-0.4, -0.2) is 89.3 Å². The minimum absolute atomic E-state index is 0.0197. The fourth-order valence-corrected chi connectivity index (χ4v) is 7.90. The number of carbonyl (C=O) groups is 5. The SMILES string of the molecule is Nc1nc(C(=NO)C(=O)N[C@@H]2C(=O)N3C(C(=O)O)=C(C(=C4CCNC4=O)C(CC(=O)Nc4ccc(O)c(F)c4)c4ccncc4)CS[C@H]23)cs1. The van der Waals surface area contributed by atoms with Crippen LogP contribution >= 0.6 is 23.1 Å². The number of thiazole rings is 1. The zero-order valence-electron chi connectivity index (χ0n) is 25.6. The number of phenols is 1. The van der Waals surface area contributed by atoms with E-state index in [0.717, 1.165) is 40.1 Å². The number of carboxylic acids is 1. The van der Waals surface area contributed by atoms with Crippen molar-refractivity contribution in [3.05, 3.63) is 87.6 Å². The molecule has 2 fully saturated rings.